The molecule has 7 nitrogen and oxygen atoms in total. The molecule has 3 rings (SSSR count). The van der Waals surface area contributed by atoms with Crippen LogP contribution in [0.25, 0.3) is 0 Å². The zero-order chi connectivity index (χ0) is 12.4. The van der Waals surface area contributed by atoms with Gasteiger partial charge in [-0.3, -0.25) is 5.43 Å². The molecule has 0 atom stereocenters. The summed E-state index contributed by atoms with van der Waals surface area (Å²) >= 11 is 0. The molecule has 1 saturated heterocycles. The number of rotatable bonds is 5. The summed E-state index contributed by atoms with van der Waals surface area (Å²) in [5, 5.41) is 3.26. The highest BCUT2D eigenvalue weighted by molar-refractivity contribution is 5.43. The molecule has 2 fully saturated rings. The van der Waals surface area contributed by atoms with E-state index in [4.69, 9.17) is 5.84 Å². The molecule has 1 aromatic rings. The van der Waals surface area contributed by atoms with Crippen LogP contribution in [-0.2, 0) is 0 Å². The van der Waals surface area contributed by atoms with Crippen LogP contribution in [0.5, 0.6) is 0 Å². The van der Waals surface area contributed by atoms with Gasteiger partial charge in [0, 0.05) is 19.6 Å². The maximum Gasteiger partial charge on any atom is 0.243 e. The van der Waals surface area contributed by atoms with Crippen molar-refractivity contribution >= 4 is 17.8 Å². The van der Waals surface area contributed by atoms with Crippen LogP contribution in [0.4, 0.5) is 17.8 Å². The van der Waals surface area contributed by atoms with Crippen molar-refractivity contribution in [2.45, 2.75) is 25.7 Å². The number of anilines is 3. The van der Waals surface area contributed by atoms with E-state index < -0.39 is 0 Å². The molecular weight excluding hydrogens is 230 g/mol. The number of aromatic nitrogens is 3. The summed E-state index contributed by atoms with van der Waals surface area (Å²) in [5.74, 6) is 7.94. The summed E-state index contributed by atoms with van der Waals surface area (Å²) in [5.41, 5.74) is 2.51. The Balaban J connectivity index is 1.76. The van der Waals surface area contributed by atoms with Crippen LogP contribution in [-0.4, -0.2) is 34.6 Å². The number of nitrogens with one attached hydrogen (secondary N) is 2. The van der Waals surface area contributed by atoms with Gasteiger partial charge in [0.1, 0.15) is 0 Å². The Morgan fingerprint density at radius 3 is 2.50 bits per heavy atom. The number of nitrogens with two attached hydrogens (primary N) is 1. The average molecular weight is 249 g/mol. The summed E-state index contributed by atoms with van der Waals surface area (Å²) in [7, 11) is 0. The Bertz CT molecular complexity index is 412. The maximum absolute atomic E-state index is 5.41. The maximum atomic E-state index is 5.41. The highest BCUT2D eigenvalue weighted by Crippen LogP contribution is 2.28. The number of hydrogen-bond donors (Lipinski definition) is 3. The lowest BCUT2D eigenvalue weighted by Gasteiger charge is -2.16. The van der Waals surface area contributed by atoms with Gasteiger partial charge in [-0.05, 0) is 31.6 Å². The van der Waals surface area contributed by atoms with Crippen molar-refractivity contribution in [2.75, 3.05) is 35.3 Å². The molecule has 4 N–H and O–H groups in total. The van der Waals surface area contributed by atoms with Gasteiger partial charge in [-0.1, -0.05) is 0 Å². The summed E-state index contributed by atoms with van der Waals surface area (Å²) in [4.78, 5) is 15.2. The highest BCUT2D eigenvalue weighted by Gasteiger charge is 2.22. The van der Waals surface area contributed by atoms with Crippen molar-refractivity contribution in [3.8, 4) is 0 Å². The highest BCUT2D eigenvalue weighted by atomic mass is 15.4. The first-order chi connectivity index (χ1) is 8.85. The fourth-order valence-electron chi connectivity index (χ4n) is 2.12. The van der Waals surface area contributed by atoms with E-state index in [1.807, 2.05) is 0 Å². The van der Waals surface area contributed by atoms with Crippen molar-refractivity contribution in [1.29, 1.82) is 0 Å². The van der Waals surface area contributed by atoms with E-state index in [-0.39, 0.29) is 0 Å². The molecule has 98 valence electrons. The Kier molecular flexibility index (Phi) is 3.14. The average Bonchev–Trinajstić information content (AvgIpc) is 3.07. The van der Waals surface area contributed by atoms with Crippen molar-refractivity contribution < 1.29 is 0 Å². The Morgan fingerprint density at radius 2 is 1.83 bits per heavy atom. The third-order valence-electron chi connectivity index (χ3n) is 3.39. The van der Waals surface area contributed by atoms with E-state index in [1.165, 1.54) is 25.7 Å². The molecule has 0 amide bonds. The normalized spacial score (nSPS) is 19.1. The van der Waals surface area contributed by atoms with Crippen molar-refractivity contribution in [2.24, 2.45) is 11.8 Å². The minimum atomic E-state index is 0.421. The van der Waals surface area contributed by atoms with Gasteiger partial charge >= 0.3 is 0 Å². The van der Waals surface area contributed by atoms with Crippen LogP contribution >= 0.6 is 0 Å². The lowest BCUT2D eigenvalue weighted by atomic mass is 10.4. The molecule has 0 bridgehead atoms. The fraction of sp³-hybridized carbons (Fsp3) is 0.727. The second-order valence-electron chi connectivity index (χ2n) is 4.95. The molecule has 7 heteroatoms. The van der Waals surface area contributed by atoms with E-state index in [2.05, 4.69) is 30.6 Å². The molecule has 2 aliphatic rings. The van der Waals surface area contributed by atoms with Gasteiger partial charge in [0.15, 0.2) is 0 Å². The standard InChI is InChI=1S/C11H19N7/c12-17-10-14-9(13-7-8-3-4-8)15-11(16-10)18-5-1-2-6-18/h8H,1-7,12H2,(H2,13,14,15,16,17). The van der Waals surface area contributed by atoms with Crippen molar-refractivity contribution in [1.82, 2.24) is 15.0 Å². The zero-order valence-electron chi connectivity index (χ0n) is 10.4. The van der Waals surface area contributed by atoms with Crippen molar-refractivity contribution in [3.63, 3.8) is 0 Å². The zero-order valence-corrected chi connectivity index (χ0v) is 10.4. The monoisotopic (exact) mass is 249 g/mol. The minimum Gasteiger partial charge on any atom is -0.354 e. The topological polar surface area (TPSA) is 92.0 Å². The molecule has 18 heavy (non-hydrogen) atoms. The van der Waals surface area contributed by atoms with E-state index in [1.54, 1.807) is 0 Å². The van der Waals surface area contributed by atoms with E-state index >= 15 is 0 Å². The largest absolute Gasteiger partial charge is 0.354 e. The molecule has 1 aliphatic heterocycles. The lowest BCUT2D eigenvalue weighted by Crippen LogP contribution is -2.23. The molecule has 0 radical (unpaired) electrons. The molecule has 1 aliphatic carbocycles. The van der Waals surface area contributed by atoms with Crippen LogP contribution in [0.15, 0.2) is 0 Å². The Morgan fingerprint density at radius 1 is 1.11 bits per heavy atom. The van der Waals surface area contributed by atoms with E-state index in [0.717, 1.165) is 25.6 Å². The molecular formula is C11H19N7. The van der Waals surface area contributed by atoms with E-state index in [9.17, 15) is 0 Å². The Hall–Kier alpha value is -1.63. The molecule has 0 aromatic carbocycles. The third kappa shape index (κ3) is 2.61. The second-order valence-corrected chi connectivity index (χ2v) is 4.95. The van der Waals surface area contributed by atoms with Gasteiger partial charge in [0.05, 0.1) is 0 Å². The van der Waals surface area contributed by atoms with Crippen molar-refractivity contribution in [3.05, 3.63) is 0 Å². The first-order valence-corrected chi connectivity index (χ1v) is 6.56. The number of nitrogen functional groups attached to an aromatic ring is 1. The molecule has 1 saturated carbocycles. The van der Waals surface area contributed by atoms with Gasteiger partial charge in [0.2, 0.25) is 17.8 Å². The molecule has 0 unspecified atom stereocenters. The quantitative estimate of drug-likeness (QED) is 0.519. The lowest BCUT2D eigenvalue weighted by molar-refractivity contribution is 0.848. The first kappa shape index (κ1) is 11.5. The number of hydrogen-bond acceptors (Lipinski definition) is 7. The molecule has 1 aromatic heterocycles. The van der Waals surface area contributed by atoms with E-state index in [0.29, 0.717) is 17.8 Å². The van der Waals surface area contributed by atoms with Gasteiger partial charge in [0.25, 0.3) is 0 Å². The van der Waals surface area contributed by atoms with Gasteiger partial charge in [-0.2, -0.15) is 15.0 Å². The summed E-state index contributed by atoms with van der Waals surface area (Å²) < 4.78 is 0. The Labute approximate surface area is 106 Å². The van der Waals surface area contributed by atoms with Crippen LogP contribution < -0.4 is 21.5 Å². The fourth-order valence-corrected chi connectivity index (χ4v) is 2.12. The summed E-state index contributed by atoms with van der Waals surface area (Å²) in [6.45, 7) is 2.96. The van der Waals surface area contributed by atoms with Crippen LogP contribution in [0.3, 0.4) is 0 Å². The third-order valence-corrected chi connectivity index (χ3v) is 3.39. The van der Waals surface area contributed by atoms with Gasteiger partial charge < -0.3 is 10.2 Å². The van der Waals surface area contributed by atoms with Gasteiger partial charge in [-0.25, -0.2) is 5.84 Å². The molecule has 2 heterocycles. The minimum absolute atomic E-state index is 0.421. The SMILES string of the molecule is NNc1nc(NCC2CC2)nc(N2CCCC2)n1. The van der Waals surface area contributed by atoms with Gasteiger partial charge in [-0.15, -0.1) is 0 Å². The predicted octanol–water partition coefficient (Wildman–Crippen LogP) is 0.579. The smallest absolute Gasteiger partial charge is 0.243 e. The van der Waals surface area contributed by atoms with Crippen LogP contribution in [0, 0.1) is 5.92 Å². The first-order valence-electron chi connectivity index (χ1n) is 6.56. The second kappa shape index (κ2) is 4.93. The summed E-state index contributed by atoms with van der Waals surface area (Å²) in [6, 6.07) is 0. The number of nitrogens with zero attached hydrogens (tertiary/aromatic N) is 4. The molecule has 0 spiro atoms. The summed E-state index contributed by atoms with van der Waals surface area (Å²) in [6.07, 6.45) is 5.00. The van der Waals surface area contributed by atoms with Crippen LogP contribution in [0.1, 0.15) is 25.7 Å². The van der Waals surface area contributed by atoms with Crippen LogP contribution in [0.2, 0.25) is 0 Å². The predicted molar refractivity (Wildman–Crippen MR) is 70.3 cm³/mol. The number of hydrazine groups is 1.